The van der Waals surface area contributed by atoms with Crippen molar-refractivity contribution >= 4 is 0 Å². The molecule has 1 aromatic heterocycles. The van der Waals surface area contributed by atoms with Gasteiger partial charge >= 0.3 is 0 Å². The minimum absolute atomic E-state index is 0.529. The van der Waals surface area contributed by atoms with E-state index in [2.05, 4.69) is 16.4 Å². The summed E-state index contributed by atoms with van der Waals surface area (Å²) < 4.78 is 1.83. The van der Waals surface area contributed by atoms with Crippen molar-refractivity contribution in [3.8, 4) is 16.9 Å². The van der Waals surface area contributed by atoms with Crippen LogP contribution >= 0.6 is 0 Å². The molecule has 4 heteroatoms. The van der Waals surface area contributed by atoms with Crippen LogP contribution in [-0.4, -0.2) is 15.0 Å². The van der Waals surface area contributed by atoms with Crippen LogP contribution in [0.25, 0.3) is 16.9 Å². The van der Waals surface area contributed by atoms with Crippen molar-refractivity contribution in [2.75, 3.05) is 0 Å². The van der Waals surface area contributed by atoms with Crippen LogP contribution in [0, 0.1) is 0 Å². The van der Waals surface area contributed by atoms with Gasteiger partial charge in [-0.1, -0.05) is 41.6 Å². The Hall–Kier alpha value is -2.46. The average molecular weight is 250 g/mol. The van der Waals surface area contributed by atoms with Crippen molar-refractivity contribution in [2.24, 2.45) is 5.73 Å². The molecule has 3 aromatic rings. The predicted molar refractivity (Wildman–Crippen MR) is 74.7 cm³/mol. The first-order valence-electron chi connectivity index (χ1n) is 6.14. The first kappa shape index (κ1) is 11.6. The van der Waals surface area contributed by atoms with Gasteiger partial charge < -0.3 is 5.73 Å². The molecule has 2 N–H and O–H groups in total. The number of aromatic nitrogens is 3. The summed E-state index contributed by atoms with van der Waals surface area (Å²) in [5, 5.41) is 8.17. The van der Waals surface area contributed by atoms with Gasteiger partial charge in [0.1, 0.15) is 0 Å². The molecular weight excluding hydrogens is 236 g/mol. The zero-order valence-electron chi connectivity index (χ0n) is 10.4. The van der Waals surface area contributed by atoms with E-state index in [1.54, 1.807) is 6.20 Å². The Labute approximate surface area is 111 Å². The van der Waals surface area contributed by atoms with Crippen LogP contribution in [0.4, 0.5) is 0 Å². The Morgan fingerprint density at radius 1 is 1.00 bits per heavy atom. The summed E-state index contributed by atoms with van der Waals surface area (Å²) in [7, 11) is 0. The molecule has 1 heterocycles. The van der Waals surface area contributed by atoms with Crippen LogP contribution in [0.3, 0.4) is 0 Å². The van der Waals surface area contributed by atoms with Crippen LogP contribution < -0.4 is 5.73 Å². The molecule has 0 aliphatic carbocycles. The van der Waals surface area contributed by atoms with Crippen LogP contribution in [0.2, 0.25) is 0 Å². The highest BCUT2D eigenvalue weighted by Gasteiger charge is 2.08. The lowest BCUT2D eigenvalue weighted by Crippen LogP contribution is -2.00. The normalized spacial score (nSPS) is 10.6. The third-order valence-corrected chi connectivity index (χ3v) is 3.01. The SMILES string of the molecule is NCc1cccc(-c2cnnn2-c2ccccc2)c1. The minimum atomic E-state index is 0.529. The van der Waals surface area contributed by atoms with E-state index in [1.165, 1.54) is 0 Å². The first-order valence-corrected chi connectivity index (χ1v) is 6.14. The summed E-state index contributed by atoms with van der Waals surface area (Å²) >= 11 is 0. The molecule has 0 aliphatic heterocycles. The number of rotatable bonds is 3. The van der Waals surface area contributed by atoms with Crippen molar-refractivity contribution in [3.63, 3.8) is 0 Å². The van der Waals surface area contributed by atoms with Crippen molar-refractivity contribution in [2.45, 2.75) is 6.54 Å². The molecule has 0 radical (unpaired) electrons. The Morgan fingerprint density at radius 2 is 1.84 bits per heavy atom. The van der Waals surface area contributed by atoms with E-state index in [4.69, 9.17) is 5.73 Å². The van der Waals surface area contributed by atoms with Gasteiger partial charge in [-0.15, -0.1) is 5.10 Å². The van der Waals surface area contributed by atoms with Gasteiger partial charge in [0.05, 0.1) is 17.6 Å². The molecule has 0 aliphatic rings. The highest BCUT2D eigenvalue weighted by atomic mass is 15.4. The quantitative estimate of drug-likeness (QED) is 0.776. The summed E-state index contributed by atoms with van der Waals surface area (Å²) in [6.45, 7) is 0.529. The number of hydrogen-bond acceptors (Lipinski definition) is 3. The smallest absolute Gasteiger partial charge is 0.0944 e. The predicted octanol–water partition coefficient (Wildman–Crippen LogP) is 2.39. The number of benzene rings is 2. The van der Waals surface area contributed by atoms with Crippen LogP contribution in [0.1, 0.15) is 5.56 Å². The highest BCUT2D eigenvalue weighted by molar-refractivity contribution is 5.61. The highest BCUT2D eigenvalue weighted by Crippen LogP contribution is 2.22. The van der Waals surface area contributed by atoms with Gasteiger partial charge in [0.15, 0.2) is 0 Å². The number of nitrogens with zero attached hydrogens (tertiary/aromatic N) is 3. The lowest BCUT2D eigenvalue weighted by atomic mass is 10.1. The van der Waals surface area contributed by atoms with Crippen LogP contribution in [0.5, 0.6) is 0 Å². The van der Waals surface area contributed by atoms with Crippen molar-refractivity contribution < 1.29 is 0 Å². The monoisotopic (exact) mass is 250 g/mol. The first-order chi connectivity index (χ1) is 9.38. The van der Waals surface area contributed by atoms with Gasteiger partial charge in [0.2, 0.25) is 0 Å². The van der Waals surface area contributed by atoms with Crippen molar-refractivity contribution in [1.29, 1.82) is 0 Å². The fraction of sp³-hybridized carbons (Fsp3) is 0.0667. The second-order valence-electron chi connectivity index (χ2n) is 4.27. The summed E-state index contributed by atoms with van der Waals surface area (Å²) in [5.74, 6) is 0. The van der Waals surface area contributed by atoms with Gasteiger partial charge in [0.25, 0.3) is 0 Å². The Balaban J connectivity index is 2.09. The van der Waals surface area contributed by atoms with E-state index in [1.807, 2.05) is 53.2 Å². The molecule has 3 rings (SSSR count). The lowest BCUT2D eigenvalue weighted by Gasteiger charge is -2.07. The largest absolute Gasteiger partial charge is 0.326 e. The molecule has 0 atom stereocenters. The van der Waals surface area contributed by atoms with Crippen LogP contribution in [-0.2, 0) is 6.54 Å². The molecule has 2 aromatic carbocycles. The fourth-order valence-electron chi connectivity index (χ4n) is 2.05. The maximum Gasteiger partial charge on any atom is 0.0944 e. The molecule has 0 bridgehead atoms. The van der Waals surface area contributed by atoms with Crippen LogP contribution in [0.15, 0.2) is 60.8 Å². The van der Waals surface area contributed by atoms with Gasteiger partial charge in [-0.05, 0) is 23.8 Å². The second kappa shape index (κ2) is 5.04. The maximum atomic E-state index is 5.68. The number of nitrogens with two attached hydrogens (primary N) is 1. The molecule has 0 spiro atoms. The van der Waals surface area contributed by atoms with E-state index in [0.717, 1.165) is 22.5 Å². The maximum absolute atomic E-state index is 5.68. The Bertz CT molecular complexity index is 673. The number of hydrogen-bond donors (Lipinski definition) is 1. The molecule has 0 saturated carbocycles. The second-order valence-corrected chi connectivity index (χ2v) is 4.27. The standard InChI is InChI=1S/C15H14N4/c16-10-12-5-4-6-13(9-12)15-11-17-18-19(15)14-7-2-1-3-8-14/h1-9,11H,10,16H2. The van der Waals surface area contributed by atoms with Crippen molar-refractivity contribution in [1.82, 2.24) is 15.0 Å². The number of para-hydroxylation sites is 1. The molecule has 0 saturated heterocycles. The summed E-state index contributed by atoms with van der Waals surface area (Å²) in [6.07, 6.45) is 1.77. The topological polar surface area (TPSA) is 56.7 Å². The third kappa shape index (κ3) is 2.26. The molecule has 0 unspecified atom stereocenters. The molecule has 19 heavy (non-hydrogen) atoms. The van der Waals surface area contributed by atoms with E-state index >= 15 is 0 Å². The van der Waals surface area contributed by atoms with E-state index in [-0.39, 0.29) is 0 Å². The zero-order chi connectivity index (χ0) is 13.1. The Kier molecular flexibility index (Phi) is 3.08. The van der Waals surface area contributed by atoms with E-state index in [9.17, 15) is 0 Å². The van der Waals surface area contributed by atoms with Crippen molar-refractivity contribution in [3.05, 3.63) is 66.4 Å². The van der Waals surface area contributed by atoms with E-state index in [0.29, 0.717) is 6.54 Å². The fourth-order valence-corrected chi connectivity index (χ4v) is 2.05. The Morgan fingerprint density at radius 3 is 2.63 bits per heavy atom. The minimum Gasteiger partial charge on any atom is -0.326 e. The summed E-state index contributed by atoms with van der Waals surface area (Å²) in [4.78, 5) is 0. The zero-order valence-corrected chi connectivity index (χ0v) is 10.4. The molecule has 94 valence electrons. The summed E-state index contributed by atoms with van der Waals surface area (Å²) in [6, 6.07) is 18.1. The molecule has 0 amide bonds. The summed E-state index contributed by atoms with van der Waals surface area (Å²) in [5.41, 5.74) is 9.80. The molecule has 0 fully saturated rings. The lowest BCUT2D eigenvalue weighted by molar-refractivity contribution is 0.808. The third-order valence-electron chi connectivity index (χ3n) is 3.01. The molecular formula is C15H14N4. The molecule has 4 nitrogen and oxygen atoms in total. The average Bonchev–Trinajstić information content (AvgIpc) is 2.98. The van der Waals surface area contributed by atoms with Gasteiger partial charge in [-0.25, -0.2) is 4.68 Å². The van der Waals surface area contributed by atoms with Gasteiger partial charge in [0, 0.05) is 12.1 Å². The van der Waals surface area contributed by atoms with Gasteiger partial charge in [-0.3, -0.25) is 0 Å². The van der Waals surface area contributed by atoms with Gasteiger partial charge in [-0.2, -0.15) is 0 Å². The van der Waals surface area contributed by atoms with E-state index < -0.39 is 0 Å².